The minimum atomic E-state index is -1.36. The second kappa shape index (κ2) is 4.86. The Balaban J connectivity index is 2.67. The molecule has 114 valence electrons. The summed E-state index contributed by atoms with van der Waals surface area (Å²) in [7, 11) is 1.31. The van der Waals surface area contributed by atoms with Crippen LogP contribution in [0.2, 0.25) is 0 Å². The summed E-state index contributed by atoms with van der Waals surface area (Å²) < 4.78 is 10.5. The Morgan fingerprint density at radius 2 is 2.05 bits per heavy atom. The molecule has 6 heteroatoms. The molecular weight excluding hydrogens is 272 g/mol. The molecule has 3 N–H and O–H groups in total. The van der Waals surface area contributed by atoms with Gasteiger partial charge in [0.2, 0.25) is 5.88 Å². The number of aliphatic hydroxyl groups is 1. The molecular formula is C15H20N2O4. The Bertz CT molecular complexity index is 597. The van der Waals surface area contributed by atoms with Crippen molar-refractivity contribution >= 4 is 5.78 Å². The van der Waals surface area contributed by atoms with Crippen LogP contribution in [0.1, 0.15) is 33.6 Å². The fourth-order valence-corrected chi connectivity index (χ4v) is 3.15. The van der Waals surface area contributed by atoms with E-state index >= 15 is 0 Å². The highest BCUT2D eigenvalue weighted by Crippen LogP contribution is 2.51. The van der Waals surface area contributed by atoms with Crippen molar-refractivity contribution in [1.82, 2.24) is 0 Å². The molecule has 0 aromatic heterocycles. The van der Waals surface area contributed by atoms with Gasteiger partial charge in [-0.15, -0.1) is 0 Å². The molecule has 0 saturated carbocycles. The zero-order chi connectivity index (χ0) is 16.0. The van der Waals surface area contributed by atoms with E-state index in [1.54, 1.807) is 6.92 Å². The summed E-state index contributed by atoms with van der Waals surface area (Å²) in [6.07, 6.45) is -0.524. The molecule has 0 saturated heterocycles. The summed E-state index contributed by atoms with van der Waals surface area (Å²) in [6.45, 7) is 5.50. The smallest absolute Gasteiger partial charge is 0.205 e. The number of rotatable bonds is 2. The van der Waals surface area contributed by atoms with Crippen molar-refractivity contribution in [3.8, 4) is 6.07 Å². The zero-order valence-electron chi connectivity index (χ0n) is 12.7. The molecule has 0 bridgehead atoms. The van der Waals surface area contributed by atoms with Crippen molar-refractivity contribution < 1.29 is 19.4 Å². The van der Waals surface area contributed by atoms with Gasteiger partial charge in [-0.3, -0.25) is 4.79 Å². The molecule has 0 spiro atoms. The number of Topliss-reactive ketones (excluding diaryl/α,β-unsaturated/α-hetero) is 1. The fourth-order valence-electron chi connectivity index (χ4n) is 3.15. The molecule has 2 aliphatic rings. The first-order valence-corrected chi connectivity index (χ1v) is 6.73. The number of nitriles is 1. The van der Waals surface area contributed by atoms with E-state index < -0.39 is 11.7 Å². The zero-order valence-corrected chi connectivity index (χ0v) is 12.7. The maximum Gasteiger partial charge on any atom is 0.205 e. The van der Waals surface area contributed by atoms with Crippen LogP contribution in [0.15, 0.2) is 22.8 Å². The molecule has 2 atom stereocenters. The summed E-state index contributed by atoms with van der Waals surface area (Å²) in [5, 5.41) is 19.6. The average molecular weight is 292 g/mol. The van der Waals surface area contributed by atoms with Gasteiger partial charge >= 0.3 is 0 Å². The first kappa shape index (κ1) is 15.5. The van der Waals surface area contributed by atoms with E-state index in [1.807, 2.05) is 19.9 Å². The van der Waals surface area contributed by atoms with Gasteiger partial charge in [0.25, 0.3) is 0 Å². The Labute approximate surface area is 123 Å². The van der Waals surface area contributed by atoms with E-state index in [9.17, 15) is 15.2 Å². The quantitative estimate of drug-likeness (QED) is 0.744. The van der Waals surface area contributed by atoms with Gasteiger partial charge in [0.1, 0.15) is 17.4 Å². The normalized spacial score (nSPS) is 29.6. The molecule has 0 aromatic rings. The monoisotopic (exact) mass is 292 g/mol. The second-order valence-corrected chi connectivity index (χ2v) is 6.48. The number of methoxy groups -OCH3 is 1. The molecule has 0 unspecified atom stereocenters. The summed E-state index contributed by atoms with van der Waals surface area (Å²) in [5.74, 6) is 0.187. The van der Waals surface area contributed by atoms with E-state index in [0.717, 1.165) is 0 Å². The van der Waals surface area contributed by atoms with Crippen LogP contribution in [0.3, 0.4) is 0 Å². The molecule has 1 heterocycles. The molecule has 2 rings (SSSR count). The summed E-state index contributed by atoms with van der Waals surface area (Å²) in [5.41, 5.74) is 4.57. The Morgan fingerprint density at radius 3 is 2.57 bits per heavy atom. The highest BCUT2D eigenvalue weighted by Gasteiger charge is 2.53. The van der Waals surface area contributed by atoms with E-state index in [-0.39, 0.29) is 22.7 Å². The standard InChI is InChI=1S/C15H20N2O4/c1-14(2)5-9(18)11-10(6-14)21-12(17)8(7-16)15(11,3)13(19)20-4/h13,19H,5-6,17H2,1-4H3/t13-,15+/m0/s1. The van der Waals surface area contributed by atoms with Crippen LogP contribution in [0.4, 0.5) is 0 Å². The van der Waals surface area contributed by atoms with E-state index in [0.29, 0.717) is 24.2 Å². The minimum absolute atomic E-state index is 0.0173. The number of allylic oxidation sites excluding steroid dienone is 1. The van der Waals surface area contributed by atoms with E-state index in [2.05, 4.69) is 0 Å². The lowest BCUT2D eigenvalue weighted by Gasteiger charge is -2.43. The average Bonchev–Trinajstić information content (AvgIpc) is 2.35. The Morgan fingerprint density at radius 1 is 1.43 bits per heavy atom. The number of nitrogens with two attached hydrogens (primary N) is 1. The highest BCUT2D eigenvalue weighted by atomic mass is 16.6. The number of hydrogen-bond acceptors (Lipinski definition) is 6. The molecule has 0 radical (unpaired) electrons. The van der Waals surface area contributed by atoms with E-state index in [1.165, 1.54) is 7.11 Å². The lowest BCUT2D eigenvalue weighted by molar-refractivity contribution is -0.140. The van der Waals surface area contributed by atoms with Crippen LogP contribution in [-0.2, 0) is 14.3 Å². The lowest BCUT2D eigenvalue weighted by Crippen LogP contribution is -2.46. The number of aliphatic hydroxyl groups excluding tert-OH is 1. The predicted octanol–water partition coefficient (Wildman–Crippen LogP) is 1.32. The van der Waals surface area contributed by atoms with Crippen molar-refractivity contribution in [1.29, 1.82) is 5.26 Å². The van der Waals surface area contributed by atoms with Crippen molar-refractivity contribution in [2.24, 2.45) is 16.6 Å². The molecule has 6 nitrogen and oxygen atoms in total. The molecule has 0 amide bonds. The van der Waals surface area contributed by atoms with Gasteiger partial charge in [-0.2, -0.15) is 5.26 Å². The maximum atomic E-state index is 12.6. The third-order valence-corrected chi connectivity index (χ3v) is 4.18. The number of carbonyl (C=O) groups is 1. The van der Waals surface area contributed by atoms with Gasteiger partial charge in [0.15, 0.2) is 12.1 Å². The van der Waals surface area contributed by atoms with Gasteiger partial charge in [-0.1, -0.05) is 13.8 Å². The van der Waals surface area contributed by atoms with Gasteiger partial charge < -0.3 is 20.3 Å². The lowest BCUT2D eigenvalue weighted by atomic mass is 9.65. The minimum Gasteiger partial charge on any atom is -0.444 e. The molecule has 0 aromatic carbocycles. The third kappa shape index (κ3) is 2.23. The predicted molar refractivity (Wildman–Crippen MR) is 74.1 cm³/mol. The number of hydrogen-bond donors (Lipinski definition) is 2. The van der Waals surface area contributed by atoms with Gasteiger partial charge in [-0.05, 0) is 12.3 Å². The van der Waals surface area contributed by atoms with Crippen LogP contribution >= 0.6 is 0 Å². The van der Waals surface area contributed by atoms with Gasteiger partial charge in [0, 0.05) is 25.5 Å². The van der Waals surface area contributed by atoms with Gasteiger partial charge in [-0.25, -0.2) is 0 Å². The third-order valence-electron chi connectivity index (χ3n) is 4.18. The second-order valence-electron chi connectivity index (χ2n) is 6.48. The van der Waals surface area contributed by atoms with E-state index in [4.69, 9.17) is 15.2 Å². The van der Waals surface area contributed by atoms with Gasteiger partial charge in [0.05, 0.1) is 5.41 Å². The van der Waals surface area contributed by atoms with Crippen molar-refractivity contribution in [3.05, 3.63) is 22.8 Å². The van der Waals surface area contributed by atoms with Crippen LogP contribution in [0, 0.1) is 22.2 Å². The fraction of sp³-hybridized carbons (Fsp3) is 0.600. The number of ketones is 1. The summed E-state index contributed by atoms with van der Waals surface area (Å²) in [6, 6.07) is 1.94. The topological polar surface area (TPSA) is 106 Å². The first-order chi connectivity index (χ1) is 9.67. The number of nitrogens with zero attached hydrogens (tertiary/aromatic N) is 1. The number of carbonyl (C=O) groups excluding carboxylic acids is 1. The number of ether oxygens (including phenoxy) is 2. The molecule has 1 aliphatic heterocycles. The summed E-state index contributed by atoms with van der Waals surface area (Å²) >= 11 is 0. The Kier molecular flexibility index (Phi) is 3.60. The summed E-state index contributed by atoms with van der Waals surface area (Å²) in [4.78, 5) is 12.6. The highest BCUT2D eigenvalue weighted by molar-refractivity contribution is 5.99. The van der Waals surface area contributed by atoms with Crippen LogP contribution in [0.5, 0.6) is 0 Å². The van der Waals surface area contributed by atoms with Crippen LogP contribution in [0.25, 0.3) is 0 Å². The van der Waals surface area contributed by atoms with Crippen molar-refractivity contribution in [3.63, 3.8) is 0 Å². The Hall–Kier alpha value is -1.84. The first-order valence-electron chi connectivity index (χ1n) is 6.73. The van der Waals surface area contributed by atoms with Crippen molar-refractivity contribution in [2.45, 2.75) is 39.9 Å². The van der Waals surface area contributed by atoms with Crippen LogP contribution < -0.4 is 5.73 Å². The largest absolute Gasteiger partial charge is 0.444 e. The molecule has 0 fully saturated rings. The SMILES string of the molecule is CO[C@H](O)[C@]1(C)C(C#N)=C(N)OC2=C1C(=O)CC(C)(C)C2. The van der Waals surface area contributed by atoms with Crippen LogP contribution in [-0.4, -0.2) is 24.3 Å². The molecule has 21 heavy (non-hydrogen) atoms. The van der Waals surface area contributed by atoms with Crippen molar-refractivity contribution in [2.75, 3.05) is 7.11 Å². The maximum absolute atomic E-state index is 12.6. The molecule has 1 aliphatic carbocycles.